The van der Waals surface area contributed by atoms with Gasteiger partial charge in [-0.15, -0.1) is 0 Å². The smallest absolute Gasteiger partial charge is 0.269 e. The second-order valence-electron chi connectivity index (χ2n) is 5.73. The first-order valence-corrected chi connectivity index (χ1v) is 7.29. The highest BCUT2D eigenvalue weighted by atomic mass is 16.6. The second kappa shape index (κ2) is 4.73. The molecule has 0 saturated heterocycles. The number of hydrogen-bond donors (Lipinski definition) is 0. The molecule has 0 amide bonds. The quantitative estimate of drug-likeness (QED) is 0.625. The number of ether oxygens (including phenoxy) is 2. The minimum absolute atomic E-state index is 0.0494. The van der Waals surface area contributed by atoms with Gasteiger partial charge in [0.05, 0.1) is 12.0 Å². The molecule has 2 atom stereocenters. The zero-order chi connectivity index (χ0) is 15.3. The van der Waals surface area contributed by atoms with Crippen LogP contribution in [0.1, 0.15) is 35.1 Å². The molecular weight excluding hydrogens is 282 g/mol. The molecule has 0 unspecified atom stereocenters. The van der Waals surface area contributed by atoms with Gasteiger partial charge in [0.2, 0.25) is 0 Å². The third-order valence-corrected chi connectivity index (χ3v) is 4.60. The molecule has 5 nitrogen and oxygen atoms in total. The molecule has 22 heavy (non-hydrogen) atoms. The van der Waals surface area contributed by atoms with E-state index in [0.29, 0.717) is 0 Å². The Kier molecular flexibility index (Phi) is 2.82. The van der Waals surface area contributed by atoms with Gasteiger partial charge in [-0.25, -0.2) is 0 Å². The molecule has 1 heterocycles. The van der Waals surface area contributed by atoms with Gasteiger partial charge in [-0.3, -0.25) is 10.1 Å². The molecule has 0 aromatic heterocycles. The highest BCUT2D eigenvalue weighted by Gasteiger charge is 2.40. The van der Waals surface area contributed by atoms with Crippen molar-refractivity contribution in [1.29, 1.82) is 0 Å². The normalized spacial score (nSPS) is 21.3. The van der Waals surface area contributed by atoms with Crippen molar-refractivity contribution >= 4 is 5.69 Å². The molecule has 0 fully saturated rings. The number of non-ortho nitro benzene ring substituents is 1. The van der Waals surface area contributed by atoms with E-state index in [1.165, 1.54) is 11.6 Å². The monoisotopic (exact) mass is 297 g/mol. The molecule has 5 heteroatoms. The summed E-state index contributed by atoms with van der Waals surface area (Å²) in [5, 5.41) is 11.0. The van der Waals surface area contributed by atoms with Crippen molar-refractivity contribution in [3.8, 4) is 11.5 Å². The van der Waals surface area contributed by atoms with Crippen LogP contribution in [0.25, 0.3) is 0 Å². The van der Waals surface area contributed by atoms with Gasteiger partial charge in [-0.2, -0.15) is 0 Å². The van der Waals surface area contributed by atoms with E-state index < -0.39 is 0 Å². The number of nitro groups is 1. The first kappa shape index (κ1) is 13.1. The zero-order valence-electron chi connectivity index (χ0n) is 12.1. The van der Waals surface area contributed by atoms with E-state index in [1.54, 1.807) is 19.2 Å². The summed E-state index contributed by atoms with van der Waals surface area (Å²) in [6.07, 6.45) is 1.81. The third kappa shape index (κ3) is 1.85. The molecule has 1 aliphatic carbocycles. The van der Waals surface area contributed by atoms with Crippen LogP contribution in [-0.4, -0.2) is 12.0 Å². The lowest BCUT2D eigenvalue weighted by Crippen LogP contribution is -2.18. The van der Waals surface area contributed by atoms with Crippen LogP contribution in [-0.2, 0) is 6.42 Å². The van der Waals surface area contributed by atoms with Gasteiger partial charge < -0.3 is 9.47 Å². The maximum absolute atomic E-state index is 11.0. The molecule has 0 bridgehead atoms. The van der Waals surface area contributed by atoms with Gasteiger partial charge >= 0.3 is 0 Å². The predicted octanol–water partition coefficient (Wildman–Crippen LogP) is 3.77. The van der Waals surface area contributed by atoms with Crippen LogP contribution in [0.4, 0.5) is 5.69 Å². The number of hydrogen-bond acceptors (Lipinski definition) is 4. The summed E-state index contributed by atoms with van der Waals surface area (Å²) < 4.78 is 11.4. The van der Waals surface area contributed by atoms with Crippen LogP contribution >= 0.6 is 0 Å². The Morgan fingerprint density at radius 3 is 2.86 bits per heavy atom. The predicted molar refractivity (Wildman–Crippen MR) is 80.5 cm³/mol. The van der Waals surface area contributed by atoms with Gasteiger partial charge in [-0.1, -0.05) is 6.07 Å². The number of aryl methyl sites for hydroxylation is 1. The topological polar surface area (TPSA) is 61.6 Å². The molecule has 0 N–H and O–H groups in total. The summed E-state index contributed by atoms with van der Waals surface area (Å²) in [4.78, 5) is 10.6. The Morgan fingerprint density at radius 1 is 1.23 bits per heavy atom. The number of methoxy groups -OCH3 is 1. The fraction of sp³-hybridized carbons (Fsp3) is 0.294. The van der Waals surface area contributed by atoms with Crippen molar-refractivity contribution in [2.45, 2.75) is 24.9 Å². The molecule has 112 valence electrons. The molecule has 4 rings (SSSR count). The maximum Gasteiger partial charge on any atom is 0.269 e. The van der Waals surface area contributed by atoms with Crippen molar-refractivity contribution in [3.05, 3.63) is 63.2 Å². The lowest BCUT2D eigenvalue weighted by molar-refractivity contribution is -0.384. The van der Waals surface area contributed by atoms with Crippen LogP contribution in [0.2, 0.25) is 0 Å². The van der Waals surface area contributed by atoms with Crippen LogP contribution in [0.3, 0.4) is 0 Å². The summed E-state index contributed by atoms with van der Waals surface area (Å²) in [6.45, 7) is 0. The van der Waals surface area contributed by atoms with Crippen LogP contribution in [0, 0.1) is 10.1 Å². The second-order valence-corrected chi connectivity index (χ2v) is 5.73. The standard InChI is InChI=1S/C17H15NO4/c1-21-12-4-6-13-10(8-12)2-5-14-15-9-11(18(19)20)3-7-16(15)22-17(13)14/h3-4,6-9,14,17H,2,5H2,1H3/t14-,17-/m1/s1. The lowest BCUT2D eigenvalue weighted by Gasteiger charge is -2.27. The number of rotatable bonds is 2. The Labute approximate surface area is 127 Å². The van der Waals surface area contributed by atoms with Gasteiger partial charge in [0.25, 0.3) is 5.69 Å². The molecule has 1 aliphatic heterocycles. The average molecular weight is 297 g/mol. The summed E-state index contributed by atoms with van der Waals surface area (Å²) in [6, 6.07) is 10.9. The first-order chi connectivity index (χ1) is 10.7. The summed E-state index contributed by atoms with van der Waals surface area (Å²) >= 11 is 0. The van der Waals surface area contributed by atoms with E-state index in [-0.39, 0.29) is 22.6 Å². The van der Waals surface area contributed by atoms with Gasteiger partial charge in [0.1, 0.15) is 17.6 Å². The fourth-order valence-electron chi connectivity index (χ4n) is 3.53. The largest absolute Gasteiger partial charge is 0.497 e. The van der Waals surface area contributed by atoms with E-state index in [4.69, 9.17) is 9.47 Å². The molecule has 0 spiro atoms. The van der Waals surface area contributed by atoms with E-state index in [0.717, 1.165) is 35.5 Å². The summed E-state index contributed by atoms with van der Waals surface area (Å²) in [7, 11) is 1.66. The number of nitro benzene ring substituents is 1. The minimum atomic E-state index is -0.352. The summed E-state index contributed by atoms with van der Waals surface area (Å²) in [5.74, 6) is 1.81. The number of nitrogens with zero attached hydrogens (tertiary/aromatic N) is 1. The van der Waals surface area contributed by atoms with Crippen molar-refractivity contribution in [2.24, 2.45) is 0 Å². The molecular formula is C17H15NO4. The van der Waals surface area contributed by atoms with Crippen LogP contribution in [0.5, 0.6) is 11.5 Å². The third-order valence-electron chi connectivity index (χ3n) is 4.60. The van der Waals surface area contributed by atoms with E-state index in [9.17, 15) is 10.1 Å². The number of fused-ring (bicyclic) bond motifs is 5. The number of benzene rings is 2. The Balaban J connectivity index is 1.75. The molecule has 2 aliphatic rings. The molecule has 2 aromatic rings. The Morgan fingerprint density at radius 2 is 2.09 bits per heavy atom. The van der Waals surface area contributed by atoms with Crippen molar-refractivity contribution in [1.82, 2.24) is 0 Å². The zero-order valence-corrected chi connectivity index (χ0v) is 12.1. The maximum atomic E-state index is 11.0. The van der Waals surface area contributed by atoms with E-state index >= 15 is 0 Å². The summed E-state index contributed by atoms with van der Waals surface area (Å²) in [5.41, 5.74) is 3.49. The van der Waals surface area contributed by atoms with Crippen molar-refractivity contribution in [3.63, 3.8) is 0 Å². The van der Waals surface area contributed by atoms with Crippen LogP contribution < -0.4 is 9.47 Å². The molecule has 2 aromatic carbocycles. The fourth-order valence-corrected chi connectivity index (χ4v) is 3.53. The lowest BCUT2D eigenvalue weighted by atomic mass is 9.79. The average Bonchev–Trinajstić information content (AvgIpc) is 2.92. The Hall–Kier alpha value is -2.56. The molecule has 0 saturated carbocycles. The minimum Gasteiger partial charge on any atom is -0.497 e. The Bertz CT molecular complexity index is 771. The first-order valence-electron chi connectivity index (χ1n) is 7.29. The van der Waals surface area contributed by atoms with Crippen LogP contribution in [0.15, 0.2) is 36.4 Å². The highest BCUT2D eigenvalue weighted by Crippen LogP contribution is 2.52. The van der Waals surface area contributed by atoms with Crippen molar-refractivity contribution in [2.75, 3.05) is 7.11 Å². The molecule has 0 radical (unpaired) electrons. The van der Waals surface area contributed by atoms with E-state index in [2.05, 4.69) is 6.07 Å². The van der Waals surface area contributed by atoms with Gasteiger partial charge in [-0.05, 0) is 42.2 Å². The van der Waals surface area contributed by atoms with Gasteiger partial charge in [0, 0.05) is 23.6 Å². The highest BCUT2D eigenvalue weighted by molar-refractivity contribution is 5.52. The van der Waals surface area contributed by atoms with Crippen molar-refractivity contribution < 1.29 is 14.4 Å². The SMILES string of the molecule is COc1ccc2c(c1)CC[C@@H]1c3cc([N+](=O)[O-])ccc3O[C@H]21. The van der Waals surface area contributed by atoms with Gasteiger partial charge in [0.15, 0.2) is 0 Å². The van der Waals surface area contributed by atoms with E-state index in [1.807, 2.05) is 12.1 Å².